The molecule has 0 amide bonds. The molecule has 0 heterocycles. The average Bonchev–Trinajstić information content (AvgIpc) is 3.11. The van der Waals surface area contributed by atoms with Crippen molar-refractivity contribution >= 4 is 19.8 Å². The molecule has 0 aromatic carbocycles. The minimum atomic E-state index is -4.77. The first-order valence-electron chi connectivity index (χ1n) is 20.6. The molecule has 0 aromatic rings. The maximum absolute atomic E-state index is 12.4. The lowest BCUT2D eigenvalue weighted by Gasteiger charge is -2.18. The van der Waals surface area contributed by atoms with Crippen LogP contribution in [0, 0.1) is 0 Å². The summed E-state index contributed by atoms with van der Waals surface area (Å²) in [5.41, 5.74) is 0. The molecule has 8 nitrogen and oxygen atoms in total. The van der Waals surface area contributed by atoms with Crippen molar-refractivity contribution in [2.24, 2.45) is 0 Å². The molecule has 0 aliphatic heterocycles. The van der Waals surface area contributed by atoms with Crippen molar-refractivity contribution in [3.63, 3.8) is 0 Å². The third kappa shape index (κ3) is 40.5. The van der Waals surface area contributed by atoms with Gasteiger partial charge in [0, 0.05) is 12.8 Å². The Balaban J connectivity index is 4.05. The molecule has 2 N–H and O–H groups in total. The quantitative estimate of drug-likeness (QED) is 0.0279. The van der Waals surface area contributed by atoms with Gasteiger partial charge in [-0.3, -0.25) is 14.1 Å². The fourth-order valence-electron chi connectivity index (χ4n) is 5.42. The van der Waals surface area contributed by atoms with Gasteiger partial charge in [0.1, 0.15) is 6.61 Å². The molecule has 0 rings (SSSR count). The highest BCUT2D eigenvalue weighted by molar-refractivity contribution is 7.46. The monoisotopic (exact) mass is 751 g/mol. The maximum Gasteiger partial charge on any atom is 0.469 e. The number of carbonyl (C=O) groups is 2. The minimum Gasteiger partial charge on any atom is -0.462 e. The van der Waals surface area contributed by atoms with Gasteiger partial charge in [0.05, 0.1) is 6.61 Å². The zero-order chi connectivity index (χ0) is 38.2. The van der Waals surface area contributed by atoms with Crippen molar-refractivity contribution in [2.45, 2.75) is 187 Å². The van der Waals surface area contributed by atoms with Crippen molar-refractivity contribution < 1.29 is 37.9 Å². The van der Waals surface area contributed by atoms with Crippen LogP contribution in [0.2, 0.25) is 0 Å². The molecule has 0 bridgehead atoms. The number of hydrogen-bond donors (Lipinski definition) is 2. The van der Waals surface area contributed by atoms with E-state index in [1.54, 1.807) is 0 Å². The van der Waals surface area contributed by atoms with Crippen LogP contribution >= 0.6 is 7.82 Å². The van der Waals surface area contributed by atoms with Gasteiger partial charge in [0.25, 0.3) is 0 Å². The zero-order valence-corrected chi connectivity index (χ0v) is 33.8. The van der Waals surface area contributed by atoms with Crippen LogP contribution in [0.4, 0.5) is 0 Å². The lowest BCUT2D eigenvalue weighted by Crippen LogP contribution is -2.29. The van der Waals surface area contributed by atoms with Crippen LogP contribution in [-0.4, -0.2) is 41.0 Å². The second-order valence-corrected chi connectivity index (χ2v) is 14.8. The number of phosphoric acid groups is 1. The Bertz CT molecular complexity index is 1030. The number of ether oxygens (including phenoxy) is 2. The molecule has 0 aliphatic carbocycles. The van der Waals surface area contributed by atoms with Crippen LogP contribution in [0.15, 0.2) is 60.8 Å². The van der Waals surface area contributed by atoms with Gasteiger partial charge in [-0.05, 0) is 77.0 Å². The van der Waals surface area contributed by atoms with Crippen molar-refractivity contribution in [1.29, 1.82) is 0 Å². The SMILES string of the molecule is CCCCC/C=C/C/C=C/C/C=C/CCCCCCC(=O)O[C@H](COC(=O)CCC/C=C/C/C=C/CCCCCCCCCCC)COP(=O)(O)O. The Morgan fingerprint density at radius 3 is 1.38 bits per heavy atom. The number of unbranched alkanes of at least 4 members (excludes halogenated alkanes) is 17. The third-order valence-corrected chi connectivity index (χ3v) is 8.99. The summed E-state index contributed by atoms with van der Waals surface area (Å²) in [4.78, 5) is 42.8. The Morgan fingerprint density at radius 1 is 0.500 bits per heavy atom. The highest BCUT2D eigenvalue weighted by Crippen LogP contribution is 2.36. The van der Waals surface area contributed by atoms with Crippen LogP contribution in [-0.2, 0) is 28.2 Å². The number of allylic oxidation sites excluding steroid dienone is 10. The largest absolute Gasteiger partial charge is 0.469 e. The lowest BCUT2D eigenvalue weighted by atomic mass is 10.1. The molecule has 0 aliphatic rings. The van der Waals surface area contributed by atoms with Gasteiger partial charge in [-0.25, -0.2) is 4.57 Å². The summed E-state index contributed by atoms with van der Waals surface area (Å²) in [5, 5.41) is 0. The van der Waals surface area contributed by atoms with E-state index in [0.29, 0.717) is 12.8 Å². The first-order chi connectivity index (χ1) is 25.3. The predicted octanol–water partition coefficient (Wildman–Crippen LogP) is 12.5. The van der Waals surface area contributed by atoms with E-state index < -0.39 is 32.5 Å². The van der Waals surface area contributed by atoms with Crippen LogP contribution in [0.5, 0.6) is 0 Å². The molecule has 0 aromatic heterocycles. The fourth-order valence-corrected chi connectivity index (χ4v) is 5.78. The van der Waals surface area contributed by atoms with E-state index in [4.69, 9.17) is 19.3 Å². The molecule has 0 saturated carbocycles. The maximum atomic E-state index is 12.4. The van der Waals surface area contributed by atoms with E-state index in [-0.39, 0.29) is 19.4 Å². The van der Waals surface area contributed by atoms with Crippen LogP contribution in [0.3, 0.4) is 0 Å². The van der Waals surface area contributed by atoms with Gasteiger partial charge >= 0.3 is 19.8 Å². The second kappa shape index (κ2) is 38.5. The normalized spacial score (nSPS) is 13.1. The highest BCUT2D eigenvalue weighted by atomic mass is 31.2. The predicted molar refractivity (Wildman–Crippen MR) is 216 cm³/mol. The first-order valence-corrected chi connectivity index (χ1v) is 22.1. The molecule has 0 fully saturated rings. The number of esters is 2. The van der Waals surface area contributed by atoms with Gasteiger partial charge in [0.2, 0.25) is 0 Å². The average molecular weight is 751 g/mol. The molecule has 52 heavy (non-hydrogen) atoms. The summed E-state index contributed by atoms with van der Waals surface area (Å²) < 4.78 is 26.3. The molecule has 9 heteroatoms. The Hall–Kier alpha value is -2.25. The Kier molecular flexibility index (Phi) is 36.8. The molecule has 0 unspecified atom stereocenters. The Labute approximate surface area is 317 Å². The zero-order valence-electron chi connectivity index (χ0n) is 32.9. The van der Waals surface area contributed by atoms with Crippen LogP contribution in [0.25, 0.3) is 0 Å². The summed E-state index contributed by atoms with van der Waals surface area (Å²) >= 11 is 0. The topological polar surface area (TPSA) is 119 Å². The van der Waals surface area contributed by atoms with Crippen LogP contribution in [0.1, 0.15) is 181 Å². The van der Waals surface area contributed by atoms with Gasteiger partial charge in [-0.15, -0.1) is 0 Å². The highest BCUT2D eigenvalue weighted by Gasteiger charge is 2.22. The summed E-state index contributed by atoms with van der Waals surface area (Å²) in [5.74, 6) is -0.966. The molecule has 0 spiro atoms. The summed E-state index contributed by atoms with van der Waals surface area (Å²) in [7, 11) is -4.77. The molecule has 1 atom stereocenters. The van der Waals surface area contributed by atoms with Crippen molar-refractivity contribution in [3.8, 4) is 0 Å². The van der Waals surface area contributed by atoms with E-state index in [0.717, 1.165) is 57.8 Å². The lowest BCUT2D eigenvalue weighted by molar-refractivity contribution is -0.161. The minimum absolute atomic E-state index is 0.175. The second-order valence-electron chi connectivity index (χ2n) is 13.6. The summed E-state index contributed by atoms with van der Waals surface area (Å²) in [6, 6.07) is 0. The van der Waals surface area contributed by atoms with Crippen molar-refractivity contribution in [2.75, 3.05) is 13.2 Å². The third-order valence-electron chi connectivity index (χ3n) is 8.51. The summed E-state index contributed by atoms with van der Waals surface area (Å²) in [6.45, 7) is 3.60. The van der Waals surface area contributed by atoms with Crippen LogP contribution < -0.4 is 0 Å². The fraction of sp³-hybridized carbons (Fsp3) is 0.721. The molecular weight excluding hydrogens is 675 g/mol. The van der Waals surface area contributed by atoms with E-state index >= 15 is 0 Å². The van der Waals surface area contributed by atoms with E-state index in [9.17, 15) is 14.2 Å². The van der Waals surface area contributed by atoms with Gasteiger partial charge in [-0.1, -0.05) is 152 Å². The smallest absolute Gasteiger partial charge is 0.462 e. The van der Waals surface area contributed by atoms with Crippen molar-refractivity contribution in [1.82, 2.24) is 0 Å². The number of carbonyl (C=O) groups excluding carboxylic acids is 2. The molecular formula is C43H75O8P. The van der Waals surface area contributed by atoms with E-state index in [1.807, 2.05) is 0 Å². The van der Waals surface area contributed by atoms with E-state index in [2.05, 4.69) is 79.1 Å². The standard InChI is InChI=1S/C43H75O8P/c1-3-5-7-9-11-13-15-17-19-21-23-25-27-29-31-33-35-37-42(44)49-39-41(40-50-52(46,47)48)51-43(45)38-36-34-32-30-28-26-24-22-20-18-16-14-12-10-8-6-4-2/h12,14,18,20,23-26,29,31,41H,3-11,13,15-17,19,21-22,27-28,30,32-40H2,1-2H3,(H2,46,47,48)/b14-12+,20-18+,25-23+,26-24+,31-29+/t41-/m1/s1. The molecule has 300 valence electrons. The number of rotatable bonds is 37. The van der Waals surface area contributed by atoms with Gasteiger partial charge < -0.3 is 19.3 Å². The van der Waals surface area contributed by atoms with Gasteiger partial charge in [-0.2, -0.15) is 0 Å². The van der Waals surface area contributed by atoms with Crippen molar-refractivity contribution in [3.05, 3.63) is 60.8 Å². The number of phosphoric ester groups is 1. The number of hydrogen-bond acceptors (Lipinski definition) is 6. The molecule has 0 radical (unpaired) electrons. The Morgan fingerprint density at radius 2 is 0.885 bits per heavy atom. The van der Waals surface area contributed by atoms with Gasteiger partial charge in [0.15, 0.2) is 6.10 Å². The molecule has 0 saturated heterocycles. The summed E-state index contributed by atoms with van der Waals surface area (Å²) in [6.07, 6.45) is 48.0. The van der Waals surface area contributed by atoms with E-state index in [1.165, 1.54) is 83.5 Å². The first kappa shape index (κ1) is 49.8.